The fraction of sp³-hybridized carbons (Fsp3) is 0.500. The molecule has 0 bridgehead atoms. The number of benzene rings is 2. The average molecular weight is 458 g/mol. The fourth-order valence-electron chi connectivity index (χ4n) is 4.71. The Kier molecular flexibility index (Phi) is 5.94. The molecular formula is C24H24F6O2. The van der Waals surface area contributed by atoms with E-state index in [0.717, 1.165) is 25.0 Å². The lowest BCUT2D eigenvalue weighted by Gasteiger charge is -2.37. The van der Waals surface area contributed by atoms with Crippen molar-refractivity contribution in [2.45, 2.75) is 63.4 Å². The highest BCUT2D eigenvalue weighted by Crippen LogP contribution is 2.60. The van der Waals surface area contributed by atoms with E-state index in [9.17, 15) is 13.2 Å². The van der Waals surface area contributed by atoms with Gasteiger partial charge in [-0.05, 0) is 55.0 Å². The van der Waals surface area contributed by atoms with Crippen molar-refractivity contribution >= 4 is 0 Å². The van der Waals surface area contributed by atoms with Crippen LogP contribution in [-0.2, 0) is 16.6 Å². The fourth-order valence-corrected chi connectivity index (χ4v) is 4.71. The SMILES string of the molecule is CCCC1CCC(c2ccc3c(c2F)C(F)(F)C(F)(F)c2c-3ccc(OCC)c2F)CO1. The predicted octanol–water partition coefficient (Wildman–Crippen LogP) is 7.29. The number of hydrogen-bond donors (Lipinski definition) is 0. The van der Waals surface area contributed by atoms with E-state index in [1.54, 1.807) is 0 Å². The summed E-state index contributed by atoms with van der Waals surface area (Å²) in [6.45, 7) is 3.62. The van der Waals surface area contributed by atoms with Gasteiger partial charge in [0.15, 0.2) is 11.6 Å². The molecule has 32 heavy (non-hydrogen) atoms. The van der Waals surface area contributed by atoms with Gasteiger partial charge in [-0.3, -0.25) is 0 Å². The van der Waals surface area contributed by atoms with Crippen molar-refractivity contribution in [1.29, 1.82) is 0 Å². The lowest BCUT2D eigenvalue weighted by atomic mass is 9.77. The van der Waals surface area contributed by atoms with E-state index in [-0.39, 0.29) is 24.9 Å². The summed E-state index contributed by atoms with van der Waals surface area (Å²) in [5.41, 5.74) is -3.86. The Bertz CT molecular complexity index is 1010. The highest BCUT2D eigenvalue weighted by molar-refractivity contribution is 5.77. The smallest absolute Gasteiger partial charge is 0.343 e. The van der Waals surface area contributed by atoms with Gasteiger partial charge in [-0.1, -0.05) is 25.5 Å². The van der Waals surface area contributed by atoms with E-state index in [1.165, 1.54) is 19.1 Å². The van der Waals surface area contributed by atoms with Crippen LogP contribution in [0.2, 0.25) is 0 Å². The standard InChI is InChI=1S/C24H24F6O2/c1-3-5-14-7-6-13(12-32-14)15-8-9-16-17-10-11-18(31-4-2)22(26)20(17)24(29,30)23(27,28)19(16)21(15)25/h8-11,13-14H,3-7,12H2,1-2H3. The first-order valence-electron chi connectivity index (χ1n) is 10.8. The molecule has 1 heterocycles. The van der Waals surface area contributed by atoms with Crippen molar-refractivity contribution in [2.75, 3.05) is 13.2 Å². The summed E-state index contributed by atoms with van der Waals surface area (Å²) in [6.07, 6.45) is 2.93. The van der Waals surface area contributed by atoms with Gasteiger partial charge in [-0.2, -0.15) is 17.6 Å². The summed E-state index contributed by atoms with van der Waals surface area (Å²) < 4.78 is 101. The molecule has 4 rings (SSSR count). The number of ether oxygens (including phenoxy) is 2. The van der Waals surface area contributed by atoms with Gasteiger partial charge in [0.1, 0.15) is 5.82 Å². The number of hydrogen-bond acceptors (Lipinski definition) is 2. The second-order valence-electron chi connectivity index (χ2n) is 8.29. The minimum Gasteiger partial charge on any atom is -0.491 e. The number of alkyl halides is 4. The van der Waals surface area contributed by atoms with Gasteiger partial charge in [0.2, 0.25) is 0 Å². The van der Waals surface area contributed by atoms with Crippen molar-refractivity contribution in [1.82, 2.24) is 0 Å². The molecule has 0 radical (unpaired) electrons. The number of rotatable bonds is 5. The van der Waals surface area contributed by atoms with Crippen LogP contribution >= 0.6 is 0 Å². The van der Waals surface area contributed by atoms with E-state index in [2.05, 4.69) is 0 Å². The molecule has 2 unspecified atom stereocenters. The van der Waals surface area contributed by atoms with Crippen LogP contribution < -0.4 is 4.74 Å². The van der Waals surface area contributed by atoms with E-state index in [1.807, 2.05) is 6.92 Å². The third-order valence-corrected chi connectivity index (χ3v) is 6.31. The molecule has 1 fully saturated rings. The lowest BCUT2D eigenvalue weighted by molar-refractivity contribution is -0.228. The minimum atomic E-state index is -4.96. The maximum Gasteiger partial charge on any atom is 0.343 e. The largest absolute Gasteiger partial charge is 0.491 e. The normalized spacial score (nSPS) is 23.4. The predicted molar refractivity (Wildman–Crippen MR) is 107 cm³/mol. The number of fused-ring (bicyclic) bond motifs is 3. The lowest BCUT2D eigenvalue weighted by Crippen LogP contribution is -2.41. The van der Waals surface area contributed by atoms with Crippen molar-refractivity contribution in [3.05, 3.63) is 52.6 Å². The molecule has 2 atom stereocenters. The van der Waals surface area contributed by atoms with Gasteiger partial charge < -0.3 is 9.47 Å². The summed E-state index contributed by atoms with van der Waals surface area (Å²) in [5.74, 6) is -13.9. The Labute approximate surface area is 182 Å². The zero-order valence-electron chi connectivity index (χ0n) is 17.8. The minimum absolute atomic E-state index is 0.0251. The molecule has 8 heteroatoms. The molecule has 2 aromatic carbocycles. The summed E-state index contributed by atoms with van der Waals surface area (Å²) in [6, 6.07) is 4.66. The number of halogens is 6. The van der Waals surface area contributed by atoms with Crippen molar-refractivity contribution in [2.24, 2.45) is 0 Å². The molecular weight excluding hydrogens is 434 g/mol. The molecule has 174 valence electrons. The summed E-state index contributed by atoms with van der Waals surface area (Å²) in [4.78, 5) is 0. The molecule has 0 saturated carbocycles. The molecule has 0 N–H and O–H groups in total. The van der Waals surface area contributed by atoms with Crippen LogP contribution in [0, 0.1) is 11.6 Å². The van der Waals surface area contributed by atoms with E-state index in [0.29, 0.717) is 12.8 Å². The maximum atomic E-state index is 15.4. The molecule has 2 nitrogen and oxygen atoms in total. The van der Waals surface area contributed by atoms with Gasteiger partial charge in [0.25, 0.3) is 0 Å². The molecule has 0 spiro atoms. The topological polar surface area (TPSA) is 18.5 Å². The van der Waals surface area contributed by atoms with Gasteiger partial charge in [-0.25, -0.2) is 8.78 Å². The molecule has 0 amide bonds. The van der Waals surface area contributed by atoms with Gasteiger partial charge in [-0.15, -0.1) is 0 Å². The average Bonchev–Trinajstić information content (AvgIpc) is 2.74. The first-order chi connectivity index (χ1) is 15.1. The Morgan fingerprint density at radius 1 is 0.906 bits per heavy atom. The highest BCUT2D eigenvalue weighted by atomic mass is 19.3. The van der Waals surface area contributed by atoms with Crippen LogP contribution in [0.4, 0.5) is 26.3 Å². The second kappa shape index (κ2) is 8.28. The van der Waals surface area contributed by atoms with Gasteiger partial charge in [0, 0.05) is 5.92 Å². The third kappa shape index (κ3) is 3.38. The molecule has 1 aliphatic carbocycles. The summed E-state index contributed by atoms with van der Waals surface area (Å²) in [5, 5.41) is 0. The zero-order chi connectivity index (χ0) is 23.3. The first-order valence-corrected chi connectivity index (χ1v) is 10.8. The van der Waals surface area contributed by atoms with Crippen molar-refractivity contribution in [3.8, 4) is 16.9 Å². The van der Waals surface area contributed by atoms with E-state index < -0.39 is 57.4 Å². The molecule has 2 aromatic rings. The van der Waals surface area contributed by atoms with Crippen LogP contribution in [-0.4, -0.2) is 19.3 Å². The second-order valence-corrected chi connectivity index (χ2v) is 8.29. The van der Waals surface area contributed by atoms with E-state index in [4.69, 9.17) is 9.47 Å². The van der Waals surface area contributed by atoms with Crippen LogP contribution in [0.3, 0.4) is 0 Å². The Morgan fingerprint density at radius 3 is 2.09 bits per heavy atom. The molecule has 2 aliphatic rings. The zero-order valence-corrected chi connectivity index (χ0v) is 17.8. The summed E-state index contributed by atoms with van der Waals surface area (Å²) in [7, 11) is 0. The molecule has 1 aliphatic heterocycles. The van der Waals surface area contributed by atoms with Gasteiger partial charge in [0.05, 0.1) is 30.4 Å². The Hall–Kier alpha value is -2.22. The van der Waals surface area contributed by atoms with Crippen LogP contribution in [0.1, 0.15) is 62.1 Å². The van der Waals surface area contributed by atoms with Crippen molar-refractivity contribution in [3.63, 3.8) is 0 Å². The monoisotopic (exact) mass is 458 g/mol. The molecule has 1 saturated heterocycles. The van der Waals surface area contributed by atoms with E-state index >= 15 is 13.2 Å². The first kappa shape index (κ1) is 23.0. The maximum absolute atomic E-state index is 15.4. The quantitative estimate of drug-likeness (QED) is 0.438. The van der Waals surface area contributed by atoms with Gasteiger partial charge >= 0.3 is 11.8 Å². The summed E-state index contributed by atoms with van der Waals surface area (Å²) >= 11 is 0. The van der Waals surface area contributed by atoms with Crippen molar-refractivity contribution < 1.29 is 35.8 Å². The Balaban J connectivity index is 1.83. The van der Waals surface area contributed by atoms with Crippen LogP contribution in [0.15, 0.2) is 24.3 Å². The van der Waals surface area contributed by atoms with Crippen LogP contribution in [0.5, 0.6) is 5.75 Å². The third-order valence-electron chi connectivity index (χ3n) is 6.31. The molecule has 0 aromatic heterocycles. The Morgan fingerprint density at radius 2 is 1.53 bits per heavy atom. The van der Waals surface area contributed by atoms with Crippen LogP contribution in [0.25, 0.3) is 11.1 Å². The highest BCUT2D eigenvalue weighted by Gasteiger charge is 2.65.